The van der Waals surface area contributed by atoms with Gasteiger partial charge in [0.2, 0.25) is 10.3 Å². The van der Waals surface area contributed by atoms with E-state index in [1.165, 1.54) is 0 Å². The van der Waals surface area contributed by atoms with Gasteiger partial charge in [0.15, 0.2) is 0 Å². The smallest absolute Gasteiger partial charge is 0.252 e. The first-order chi connectivity index (χ1) is 6.72. The molecule has 0 radical (unpaired) electrons. The van der Waals surface area contributed by atoms with E-state index in [0.29, 0.717) is 16.9 Å². The lowest BCUT2D eigenvalue weighted by atomic mass is 10.5. The van der Waals surface area contributed by atoms with E-state index in [1.54, 1.807) is 0 Å². The first-order valence-electron chi connectivity index (χ1n) is 4.19. The second-order valence-electron chi connectivity index (χ2n) is 2.55. The van der Waals surface area contributed by atoms with Gasteiger partial charge in [-0.25, -0.2) is 0 Å². The van der Waals surface area contributed by atoms with Crippen LogP contribution in [0.1, 0.15) is 13.3 Å². The minimum absolute atomic E-state index is 0.0350. The summed E-state index contributed by atoms with van der Waals surface area (Å²) in [5, 5.41) is 10.4. The molecule has 78 valence electrons. The van der Waals surface area contributed by atoms with Crippen LogP contribution in [0, 0.1) is 0 Å². The van der Waals surface area contributed by atoms with Crippen LogP contribution in [0.4, 0.5) is 10.3 Å². The van der Waals surface area contributed by atoms with Crippen LogP contribution in [-0.4, -0.2) is 29.3 Å². The minimum Gasteiger partial charge on any atom is -0.374 e. The molecular formula is C7H12N4O2S. The van der Waals surface area contributed by atoms with Crippen molar-refractivity contribution in [3.05, 3.63) is 0 Å². The maximum Gasteiger partial charge on any atom is 0.252 e. The lowest BCUT2D eigenvalue weighted by molar-refractivity contribution is -0.120. The number of rotatable bonds is 5. The Labute approximate surface area is 85.5 Å². The summed E-state index contributed by atoms with van der Waals surface area (Å²) in [6.45, 7) is 2.59. The van der Waals surface area contributed by atoms with Gasteiger partial charge in [-0.3, -0.25) is 10.1 Å². The summed E-state index contributed by atoms with van der Waals surface area (Å²) >= 11 is 1.12. The van der Waals surface area contributed by atoms with Crippen molar-refractivity contribution in [2.45, 2.75) is 13.3 Å². The number of hydrogen-bond donors (Lipinski definition) is 2. The number of nitrogen functional groups attached to an aromatic ring is 1. The van der Waals surface area contributed by atoms with Crippen LogP contribution in [0.5, 0.6) is 0 Å². The molecule has 0 atom stereocenters. The van der Waals surface area contributed by atoms with Gasteiger partial charge in [-0.15, -0.1) is 10.2 Å². The Morgan fingerprint density at radius 2 is 2.43 bits per heavy atom. The molecule has 1 amide bonds. The van der Waals surface area contributed by atoms with E-state index >= 15 is 0 Å². The monoisotopic (exact) mass is 216 g/mol. The molecule has 14 heavy (non-hydrogen) atoms. The van der Waals surface area contributed by atoms with Crippen LogP contribution in [-0.2, 0) is 9.53 Å². The van der Waals surface area contributed by atoms with Gasteiger partial charge in [0.25, 0.3) is 5.91 Å². The summed E-state index contributed by atoms with van der Waals surface area (Å²) in [6, 6.07) is 0. The van der Waals surface area contributed by atoms with Crippen molar-refractivity contribution < 1.29 is 9.53 Å². The molecule has 0 aromatic carbocycles. The SMILES string of the molecule is CCCOCC(=O)Nc1nnc(N)s1. The highest BCUT2D eigenvalue weighted by Gasteiger charge is 2.05. The number of carbonyl (C=O) groups is 1. The number of anilines is 2. The molecule has 0 aliphatic carbocycles. The molecule has 0 saturated carbocycles. The number of hydrogen-bond acceptors (Lipinski definition) is 6. The Balaban J connectivity index is 2.27. The Morgan fingerprint density at radius 3 is 3.00 bits per heavy atom. The fourth-order valence-electron chi connectivity index (χ4n) is 0.750. The molecule has 1 aromatic rings. The molecular weight excluding hydrogens is 204 g/mol. The summed E-state index contributed by atoms with van der Waals surface area (Å²) in [5.74, 6) is -0.241. The number of amides is 1. The third kappa shape index (κ3) is 3.67. The predicted octanol–water partition coefficient (Wildman–Crippen LogP) is 0.485. The van der Waals surface area contributed by atoms with Crippen LogP contribution in [0.2, 0.25) is 0 Å². The van der Waals surface area contributed by atoms with E-state index in [9.17, 15) is 4.79 Å². The molecule has 1 rings (SSSR count). The fraction of sp³-hybridized carbons (Fsp3) is 0.571. The highest BCUT2D eigenvalue weighted by Crippen LogP contribution is 2.15. The first-order valence-corrected chi connectivity index (χ1v) is 5.00. The lowest BCUT2D eigenvalue weighted by Crippen LogP contribution is -2.18. The standard InChI is InChI=1S/C7H12N4O2S/c1-2-3-13-4-5(12)9-7-11-10-6(8)14-7/h2-4H2,1H3,(H2,8,10)(H,9,11,12). The number of nitrogens with zero attached hydrogens (tertiary/aromatic N) is 2. The molecule has 7 heteroatoms. The van der Waals surface area contributed by atoms with Gasteiger partial charge in [0.05, 0.1) is 0 Å². The van der Waals surface area contributed by atoms with Crippen LogP contribution in [0.25, 0.3) is 0 Å². The summed E-state index contributed by atoms with van der Waals surface area (Å²) in [6.07, 6.45) is 0.888. The summed E-state index contributed by atoms with van der Waals surface area (Å²) < 4.78 is 5.04. The molecule has 0 unspecified atom stereocenters. The maximum atomic E-state index is 11.2. The van der Waals surface area contributed by atoms with E-state index in [2.05, 4.69) is 15.5 Å². The molecule has 6 nitrogen and oxygen atoms in total. The number of carbonyl (C=O) groups excluding carboxylic acids is 1. The van der Waals surface area contributed by atoms with Crippen molar-refractivity contribution in [1.82, 2.24) is 10.2 Å². The van der Waals surface area contributed by atoms with Crippen LogP contribution < -0.4 is 11.1 Å². The van der Waals surface area contributed by atoms with Crippen LogP contribution in [0.15, 0.2) is 0 Å². The van der Waals surface area contributed by atoms with E-state index in [1.807, 2.05) is 6.92 Å². The van der Waals surface area contributed by atoms with Gasteiger partial charge in [0.1, 0.15) is 6.61 Å². The highest BCUT2D eigenvalue weighted by atomic mass is 32.1. The van der Waals surface area contributed by atoms with Gasteiger partial charge < -0.3 is 10.5 Å². The Bertz CT molecular complexity index is 302. The van der Waals surface area contributed by atoms with Crippen molar-refractivity contribution >= 4 is 27.5 Å². The van der Waals surface area contributed by atoms with Gasteiger partial charge >= 0.3 is 0 Å². The maximum absolute atomic E-state index is 11.2. The Kier molecular flexibility index (Phi) is 4.27. The molecule has 0 saturated heterocycles. The molecule has 0 aliphatic rings. The van der Waals surface area contributed by atoms with E-state index in [0.717, 1.165) is 17.8 Å². The minimum atomic E-state index is -0.241. The summed E-state index contributed by atoms with van der Waals surface area (Å²) in [7, 11) is 0. The van der Waals surface area contributed by atoms with Crippen LogP contribution in [0.3, 0.4) is 0 Å². The predicted molar refractivity (Wildman–Crippen MR) is 54.1 cm³/mol. The quantitative estimate of drug-likeness (QED) is 0.699. The van der Waals surface area contributed by atoms with Crippen molar-refractivity contribution in [2.24, 2.45) is 0 Å². The normalized spacial score (nSPS) is 10.1. The van der Waals surface area contributed by atoms with Gasteiger partial charge in [-0.05, 0) is 6.42 Å². The van der Waals surface area contributed by atoms with Gasteiger partial charge in [-0.1, -0.05) is 18.3 Å². The highest BCUT2D eigenvalue weighted by molar-refractivity contribution is 7.18. The topological polar surface area (TPSA) is 90.1 Å². The summed E-state index contributed by atoms with van der Waals surface area (Å²) in [4.78, 5) is 11.2. The molecule has 0 aliphatic heterocycles. The summed E-state index contributed by atoms with van der Waals surface area (Å²) in [5.41, 5.74) is 5.34. The zero-order valence-corrected chi connectivity index (χ0v) is 8.63. The second-order valence-corrected chi connectivity index (χ2v) is 3.56. The number of ether oxygens (including phenoxy) is 1. The van der Waals surface area contributed by atoms with E-state index in [-0.39, 0.29) is 12.5 Å². The molecule has 0 spiro atoms. The molecule has 1 heterocycles. The first kappa shape index (κ1) is 10.9. The zero-order valence-electron chi connectivity index (χ0n) is 7.82. The number of aromatic nitrogens is 2. The van der Waals surface area contributed by atoms with Gasteiger partial charge in [0, 0.05) is 6.61 Å². The van der Waals surface area contributed by atoms with Crippen molar-refractivity contribution in [3.63, 3.8) is 0 Å². The molecule has 3 N–H and O–H groups in total. The van der Waals surface area contributed by atoms with E-state index in [4.69, 9.17) is 10.5 Å². The van der Waals surface area contributed by atoms with Crippen molar-refractivity contribution in [2.75, 3.05) is 24.3 Å². The van der Waals surface area contributed by atoms with Crippen molar-refractivity contribution in [3.8, 4) is 0 Å². The average Bonchev–Trinajstić information content (AvgIpc) is 2.52. The number of nitrogens with two attached hydrogens (primary N) is 1. The molecule has 0 bridgehead atoms. The van der Waals surface area contributed by atoms with Crippen LogP contribution >= 0.6 is 11.3 Å². The van der Waals surface area contributed by atoms with Crippen molar-refractivity contribution in [1.29, 1.82) is 0 Å². The third-order valence-corrected chi connectivity index (χ3v) is 1.94. The average molecular weight is 216 g/mol. The second kappa shape index (κ2) is 5.51. The molecule has 0 fully saturated rings. The fourth-order valence-corrected chi connectivity index (χ4v) is 1.28. The molecule has 1 aromatic heterocycles. The lowest BCUT2D eigenvalue weighted by Gasteiger charge is -2.01. The Morgan fingerprint density at radius 1 is 1.64 bits per heavy atom. The third-order valence-electron chi connectivity index (χ3n) is 1.27. The number of nitrogens with one attached hydrogen (secondary N) is 1. The largest absolute Gasteiger partial charge is 0.374 e. The Hall–Kier alpha value is -1.21. The van der Waals surface area contributed by atoms with Gasteiger partial charge in [-0.2, -0.15) is 0 Å². The zero-order chi connectivity index (χ0) is 10.4. The van der Waals surface area contributed by atoms with E-state index < -0.39 is 0 Å².